The molecule has 2 aliphatic rings. The molecule has 3 N–H and O–H groups in total. The van der Waals surface area contributed by atoms with Crippen molar-refractivity contribution in [2.24, 2.45) is 35.3 Å². The van der Waals surface area contributed by atoms with Crippen LogP contribution in [-0.2, 0) is 4.79 Å². The minimum Gasteiger partial charge on any atom is -0.356 e. The Balaban J connectivity index is 1.77. The number of carbonyl (C=O) groups excluding carboxylic acids is 1. The van der Waals surface area contributed by atoms with E-state index in [4.69, 9.17) is 5.73 Å². The summed E-state index contributed by atoms with van der Waals surface area (Å²) in [7, 11) is 0. The maximum atomic E-state index is 12.0. The lowest BCUT2D eigenvalue weighted by atomic mass is 9.93. The van der Waals surface area contributed by atoms with Crippen LogP contribution in [0.2, 0.25) is 0 Å². The van der Waals surface area contributed by atoms with Crippen LogP contribution in [0.25, 0.3) is 0 Å². The Kier molecular flexibility index (Phi) is 4.08. The van der Waals surface area contributed by atoms with Crippen LogP contribution in [-0.4, -0.2) is 19.0 Å². The molecule has 98 valence electrons. The Bertz CT molecular complexity index is 257. The number of hydrogen-bond donors (Lipinski definition) is 2. The smallest absolute Gasteiger partial charge is 0.224 e. The van der Waals surface area contributed by atoms with Crippen LogP contribution in [0, 0.1) is 29.6 Å². The van der Waals surface area contributed by atoms with Gasteiger partial charge < -0.3 is 11.1 Å². The van der Waals surface area contributed by atoms with Crippen molar-refractivity contribution in [1.82, 2.24) is 5.32 Å². The lowest BCUT2D eigenvalue weighted by molar-refractivity contribution is -0.126. The first-order valence-electron chi connectivity index (χ1n) is 7.11. The maximum absolute atomic E-state index is 12.0. The molecule has 0 aromatic heterocycles. The van der Waals surface area contributed by atoms with Crippen LogP contribution in [0.1, 0.15) is 39.5 Å². The van der Waals surface area contributed by atoms with Gasteiger partial charge in [0.05, 0.1) is 5.92 Å². The third-order valence-electron chi connectivity index (χ3n) is 4.36. The predicted octanol–water partition coefficient (Wildman–Crippen LogP) is 1.77. The van der Waals surface area contributed by atoms with Crippen LogP contribution < -0.4 is 11.1 Å². The molecular weight excluding hydrogens is 212 g/mol. The van der Waals surface area contributed by atoms with Crippen molar-refractivity contribution in [3.05, 3.63) is 0 Å². The highest BCUT2D eigenvalue weighted by atomic mass is 16.1. The fourth-order valence-corrected chi connectivity index (χ4v) is 2.80. The number of hydrogen-bond acceptors (Lipinski definition) is 2. The van der Waals surface area contributed by atoms with E-state index in [1.165, 1.54) is 25.7 Å². The van der Waals surface area contributed by atoms with Crippen molar-refractivity contribution in [1.29, 1.82) is 0 Å². The highest BCUT2D eigenvalue weighted by molar-refractivity contribution is 5.79. The molecule has 1 atom stereocenters. The minimum absolute atomic E-state index is 0.0194. The lowest BCUT2D eigenvalue weighted by Crippen LogP contribution is -2.40. The highest BCUT2D eigenvalue weighted by Gasteiger charge is 2.41. The molecule has 0 radical (unpaired) electrons. The van der Waals surface area contributed by atoms with Gasteiger partial charge in [-0.1, -0.05) is 13.8 Å². The summed E-state index contributed by atoms with van der Waals surface area (Å²) in [6.45, 7) is 5.48. The van der Waals surface area contributed by atoms with E-state index in [0.717, 1.165) is 24.3 Å². The van der Waals surface area contributed by atoms with E-state index in [9.17, 15) is 4.79 Å². The van der Waals surface area contributed by atoms with Gasteiger partial charge in [-0.25, -0.2) is 0 Å². The largest absolute Gasteiger partial charge is 0.356 e. The normalized spacial score (nSPS) is 21.9. The topological polar surface area (TPSA) is 55.1 Å². The van der Waals surface area contributed by atoms with Crippen molar-refractivity contribution < 1.29 is 4.79 Å². The second-order valence-electron chi connectivity index (χ2n) is 6.17. The van der Waals surface area contributed by atoms with E-state index in [1.54, 1.807) is 0 Å². The quantitative estimate of drug-likeness (QED) is 0.710. The van der Waals surface area contributed by atoms with Crippen LogP contribution >= 0.6 is 0 Å². The molecule has 0 bridgehead atoms. The summed E-state index contributed by atoms with van der Waals surface area (Å²) in [5.74, 6) is 3.03. The first-order chi connectivity index (χ1) is 8.13. The van der Waals surface area contributed by atoms with Gasteiger partial charge in [-0.15, -0.1) is 0 Å². The molecule has 1 amide bonds. The molecule has 2 rings (SSSR count). The first kappa shape index (κ1) is 12.9. The molecule has 0 spiro atoms. The third kappa shape index (κ3) is 3.44. The van der Waals surface area contributed by atoms with E-state index >= 15 is 0 Å². The molecular formula is C14H26N2O. The van der Waals surface area contributed by atoms with Crippen LogP contribution in [0.5, 0.6) is 0 Å². The summed E-state index contributed by atoms with van der Waals surface area (Å²) < 4.78 is 0. The first-order valence-corrected chi connectivity index (χ1v) is 7.11. The maximum Gasteiger partial charge on any atom is 0.224 e. The molecule has 1 unspecified atom stereocenters. The third-order valence-corrected chi connectivity index (χ3v) is 4.36. The summed E-state index contributed by atoms with van der Waals surface area (Å²) in [5, 5.41) is 3.14. The van der Waals surface area contributed by atoms with Gasteiger partial charge in [-0.3, -0.25) is 4.79 Å². The fourth-order valence-electron chi connectivity index (χ4n) is 2.80. The molecule has 0 saturated heterocycles. The van der Waals surface area contributed by atoms with Crippen molar-refractivity contribution >= 4 is 5.91 Å². The lowest BCUT2D eigenvalue weighted by Gasteiger charge is -2.21. The summed E-state index contributed by atoms with van der Waals surface area (Å²) >= 11 is 0. The molecule has 3 heteroatoms. The van der Waals surface area contributed by atoms with Crippen molar-refractivity contribution in [2.75, 3.05) is 13.1 Å². The van der Waals surface area contributed by atoms with Gasteiger partial charge in [-0.05, 0) is 49.4 Å². The molecule has 3 nitrogen and oxygen atoms in total. The zero-order chi connectivity index (χ0) is 12.4. The van der Waals surface area contributed by atoms with Gasteiger partial charge in [0.2, 0.25) is 5.91 Å². The monoisotopic (exact) mass is 238 g/mol. The minimum atomic E-state index is -0.0194. The van der Waals surface area contributed by atoms with Gasteiger partial charge in [0, 0.05) is 13.1 Å². The molecule has 2 saturated carbocycles. The number of rotatable bonds is 7. The molecule has 2 fully saturated rings. The summed E-state index contributed by atoms with van der Waals surface area (Å²) in [6.07, 6.45) is 5.51. The number of amides is 1. The summed E-state index contributed by atoms with van der Waals surface area (Å²) in [4.78, 5) is 12.0. The Morgan fingerprint density at radius 3 is 2.12 bits per heavy atom. The molecule has 0 aliphatic heterocycles. The van der Waals surface area contributed by atoms with Crippen molar-refractivity contribution in [3.63, 3.8) is 0 Å². The van der Waals surface area contributed by atoms with E-state index in [2.05, 4.69) is 19.2 Å². The second-order valence-corrected chi connectivity index (χ2v) is 6.17. The highest BCUT2D eigenvalue weighted by Crippen LogP contribution is 2.48. The molecule has 2 aliphatic carbocycles. The number of nitrogens with two attached hydrogens (primary N) is 1. The Morgan fingerprint density at radius 2 is 1.76 bits per heavy atom. The van der Waals surface area contributed by atoms with Gasteiger partial charge in [0.1, 0.15) is 0 Å². The Labute approximate surface area is 105 Å². The van der Waals surface area contributed by atoms with Crippen molar-refractivity contribution in [2.45, 2.75) is 39.5 Å². The van der Waals surface area contributed by atoms with E-state index in [-0.39, 0.29) is 11.8 Å². The molecule has 17 heavy (non-hydrogen) atoms. The summed E-state index contributed by atoms with van der Waals surface area (Å²) in [6, 6.07) is 0. The average Bonchev–Trinajstić information content (AvgIpc) is 3.13. The average molecular weight is 238 g/mol. The van der Waals surface area contributed by atoms with Gasteiger partial charge in [0.25, 0.3) is 0 Å². The SMILES string of the molecule is CC(C)C(CN)C(=O)NCC(C1CC1)C1CC1. The van der Waals surface area contributed by atoms with E-state index in [0.29, 0.717) is 12.5 Å². The van der Waals surface area contributed by atoms with Crippen LogP contribution in [0.3, 0.4) is 0 Å². The second kappa shape index (κ2) is 5.38. The number of carbonyl (C=O) groups is 1. The Morgan fingerprint density at radius 1 is 1.24 bits per heavy atom. The standard InChI is InChI=1S/C14H26N2O/c1-9(2)12(7-15)14(17)16-8-13(10-3-4-10)11-5-6-11/h9-13H,3-8,15H2,1-2H3,(H,16,17). The van der Waals surface area contributed by atoms with Crippen molar-refractivity contribution in [3.8, 4) is 0 Å². The van der Waals surface area contributed by atoms with Gasteiger partial charge in [0.15, 0.2) is 0 Å². The Hall–Kier alpha value is -0.570. The van der Waals surface area contributed by atoms with Gasteiger partial charge in [-0.2, -0.15) is 0 Å². The zero-order valence-electron chi connectivity index (χ0n) is 11.1. The number of nitrogens with one attached hydrogen (secondary N) is 1. The van der Waals surface area contributed by atoms with Gasteiger partial charge >= 0.3 is 0 Å². The predicted molar refractivity (Wildman–Crippen MR) is 69.3 cm³/mol. The van der Waals surface area contributed by atoms with E-state index in [1.807, 2.05) is 0 Å². The summed E-state index contributed by atoms with van der Waals surface area (Å²) in [5.41, 5.74) is 5.66. The van der Waals surface area contributed by atoms with Crippen LogP contribution in [0.15, 0.2) is 0 Å². The van der Waals surface area contributed by atoms with E-state index < -0.39 is 0 Å². The molecule has 0 heterocycles. The van der Waals surface area contributed by atoms with Crippen LogP contribution in [0.4, 0.5) is 0 Å². The zero-order valence-corrected chi connectivity index (χ0v) is 11.1. The fraction of sp³-hybridized carbons (Fsp3) is 0.929. The molecule has 0 aromatic rings. The molecule has 0 aromatic carbocycles.